The smallest absolute Gasteiger partial charge is 0.202 e. The standard InChI is InChI=1S/C10H19N3OS/c1-10(2,3)12-9-11-8(13-15-9)6-5-7-14-4/h5-7H2,1-4H3,(H,11,12,13). The fraction of sp³-hybridized carbons (Fsp3) is 0.800. The fourth-order valence-corrected chi connectivity index (χ4v) is 1.92. The van der Waals surface area contributed by atoms with Crippen LogP contribution in [0.15, 0.2) is 0 Å². The Morgan fingerprint density at radius 3 is 2.73 bits per heavy atom. The van der Waals surface area contributed by atoms with E-state index >= 15 is 0 Å². The third-order valence-corrected chi connectivity index (χ3v) is 2.37. The van der Waals surface area contributed by atoms with Crippen molar-refractivity contribution in [2.45, 2.75) is 39.2 Å². The summed E-state index contributed by atoms with van der Waals surface area (Å²) in [6, 6.07) is 0. The Balaban J connectivity index is 2.42. The molecule has 0 spiro atoms. The van der Waals surface area contributed by atoms with Gasteiger partial charge in [-0.3, -0.25) is 0 Å². The average Bonchev–Trinajstić information content (AvgIpc) is 2.50. The SMILES string of the molecule is COCCCc1nsc(NC(C)(C)C)n1. The Labute approximate surface area is 95.2 Å². The van der Waals surface area contributed by atoms with Crippen LogP contribution in [0.25, 0.3) is 0 Å². The van der Waals surface area contributed by atoms with Crippen LogP contribution in [0.1, 0.15) is 33.0 Å². The lowest BCUT2D eigenvalue weighted by Crippen LogP contribution is -2.25. The van der Waals surface area contributed by atoms with Gasteiger partial charge in [0.05, 0.1) is 0 Å². The normalized spacial score (nSPS) is 11.7. The Bertz CT molecular complexity index is 293. The number of nitrogens with one attached hydrogen (secondary N) is 1. The highest BCUT2D eigenvalue weighted by molar-refractivity contribution is 7.09. The van der Waals surface area contributed by atoms with E-state index in [0.29, 0.717) is 0 Å². The summed E-state index contributed by atoms with van der Waals surface area (Å²) in [5.74, 6) is 0.906. The molecule has 0 aromatic carbocycles. The summed E-state index contributed by atoms with van der Waals surface area (Å²) in [5, 5.41) is 4.20. The van der Waals surface area contributed by atoms with Gasteiger partial charge in [0.2, 0.25) is 5.13 Å². The summed E-state index contributed by atoms with van der Waals surface area (Å²) in [5.41, 5.74) is 0.0450. The van der Waals surface area contributed by atoms with E-state index in [9.17, 15) is 0 Å². The first-order chi connectivity index (χ1) is 7.01. The van der Waals surface area contributed by atoms with Crippen molar-refractivity contribution >= 4 is 16.7 Å². The molecule has 1 N–H and O–H groups in total. The summed E-state index contributed by atoms with van der Waals surface area (Å²) in [7, 11) is 1.71. The molecule has 0 aliphatic rings. The van der Waals surface area contributed by atoms with E-state index in [1.807, 2.05) is 0 Å². The predicted molar refractivity (Wildman–Crippen MR) is 63.5 cm³/mol. The zero-order valence-electron chi connectivity index (χ0n) is 9.83. The molecule has 0 saturated carbocycles. The maximum absolute atomic E-state index is 4.98. The topological polar surface area (TPSA) is 47.0 Å². The number of hydrogen-bond donors (Lipinski definition) is 1. The summed E-state index contributed by atoms with van der Waals surface area (Å²) in [6.07, 6.45) is 1.86. The van der Waals surface area contributed by atoms with Crippen LogP contribution in [0.4, 0.5) is 5.13 Å². The van der Waals surface area contributed by atoms with Gasteiger partial charge in [-0.15, -0.1) is 0 Å². The van der Waals surface area contributed by atoms with E-state index in [2.05, 4.69) is 35.4 Å². The summed E-state index contributed by atoms with van der Waals surface area (Å²) in [4.78, 5) is 4.41. The molecule has 4 nitrogen and oxygen atoms in total. The molecular formula is C10H19N3OS. The molecule has 1 rings (SSSR count). The monoisotopic (exact) mass is 229 g/mol. The van der Waals surface area contributed by atoms with Crippen molar-refractivity contribution < 1.29 is 4.74 Å². The first kappa shape index (κ1) is 12.4. The first-order valence-electron chi connectivity index (χ1n) is 5.11. The van der Waals surface area contributed by atoms with Gasteiger partial charge in [-0.2, -0.15) is 4.37 Å². The third-order valence-electron chi connectivity index (χ3n) is 1.70. The molecule has 0 saturated heterocycles. The van der Waals surface area contributed by atoms with Crippen molar-refractivity contribution in [2.24, 2.45) is 0 Å². The van der Waals surface area contributed by atoms with Gasteiger partial charge in [-0.25, -0.2) is 4.98 Å². The van der Waals surface area contributed by atoms with Crippen LogP contribution in [0.3, 0.4) is 0 Å². The van der Waals surface area contributed by atoms with Gasteiger partial charge < -0.3 is 10.1 Å². The molecule has 15 heavy (non-hydrogen) atoms. The van der Waals surface area contributed by atoms with Gasteiger partial charge >= 0.3 is 0 Å². The molecule has 1 aromatic rings. The number of rotatable bonds is 5. The van der Waals surface area contributed by atoms with Crippen LogP contribution < -0.4 is 5.32 Å². The Morgan fingerprint density at radius 1 is 1.40 bits per heavy atom. The van der Waals surface area contributed by atoms with Gasteiger partial charge in [-0.1, -0.05) is 0 Å². The second-order valence-corrected chi connectivity index (χ2v) is 5.24. The molecule has 86 valence electrons. The lowest BCUT2D eigenvalue weighted by atomic mass is 10.1. The van der Waals surface area contributed by atoms with Gasteiger partial charge in [0.25, 0.3) is 0 Å². The molecule has 5 heteroatoms. The molecule has 0 unspecified atom stereocenters. The minimum Gasteiger partial charge on any atom is -0.385 e. The van der Waals surface area contributed by atoms with Gasteiger partial charge in [0, 0.05) is 37.2 Å². The quantitative estimate of drug-likeness (QED) is 0.787. The molecule has 0 radical (unpaired) electrons. The van der Waals surface area contributed by atoms with Crippen molar-refractivity contribution in [3.05, 3.63) is 5.82 Å². The molecule has 1 heterocycles. The van der Waals surface area contributed by atoms with Crippen LogP contribution in [0, 0.1) is 0 Å². The Kier molecular flexibility index (Phi) is 4.47. The number of anilines is 1. The van der Waals surface area contributed by atoms with Gasteiger partial charge in [0.15, 0.2) is 0 Å². The number of methoxy groups -OCH3 is 1. The lowest BCUT2D eigenvalue weighted by Gasteiger charge is -2.18. The Morgan fingerprint density at radius 2 is 2.13 bits per heavy atom. The zero-order chi connectivity index (χ0) is 11.3. The Hall–Kier alpha value is -0.680. The van der Waals surface area contributed by atoms with E-state index in [0.717, 1.165) is 30.4 Å². The highest BCUT2D eigenvalue weighted by Crippen LogP contribution is 2.17. The predicted octanol–water partition coefficient (Wildman–Crippen LogP) is 2.33. The third kappa shape index (κ3) is 5.09. The van der Waals surface area contributed by atoms with Crippen LogP contribution in [0.2, 0.25) is 0 Å². The minimum atomic E-state index is 0.0450. The van der Waals surface area contributed by atoms with E-state index in [-0.39, 0.29) is 5.54 Å². The van der Waals surface area contributed by atoms with Crippen molar-refractivity contribution in [3.63, 3.8) is 0 Å². The summed E-state index contributed by atoms with van der Waals surface area (Å²) >= 11 is 1.42. The second kappa shape index (κ2) is 5.42. The largest absolute Gasteiger partial charge is 0.385 e. The molecule has 0 bridgehead atoms. The van der Waals surface area contributed by atoms with E-state index in [1.54, 1.807) is 7.11 Å². The minimum absolute atomic E-state index is 0.0450. The summed E-state index contributed by atoms with van der Waals surface area (Å²) in [6.45, 7) is 7.10. The van der Waals surface area contributed by atoms with Crippen LogP contribution in [-0.4, -0.2) is 28.6 Å². The molecular weight excluding hydrogens is 210 g/mol. The highest BCUT2D eigenvalue weighted by atomic mass is 32.1. The van der Waals surface area contributed by atoms with Crippen molar-refractivity contribution in [1.82, 2.24) is 9.36 Å². The fourth-order valence-electron chi connectivity index (χ4n) is 1.10. The molecule has 0 atom stereocenters. The van der Waals surface area contributed by atoms with E-state index in [4.69, 9.17) is 4.74 Å². The molecule has 0 fully saturated rings. The zero-order valence-corrected chi connectivity index (χ0v) is 10.6. The van der Waals surface area contributed by atoms with Crippen molar-refractivity contribution in [2.75, 3.05) is 19.0 Å². The van der Waals surface area contributed by atoms with Gasteiger partial charge in [0.1, 0.15) is 5.82 Å². The summed E-state index contributed by atoms with van der Waals surface area (Å²) < 4.78 is 9.27. The molecule has 0 amide bonds. The maximum atomic E-state index is 4.98. The lowest BCUT2D eigenvalue weighted by molar-refractivity contribution is 0.194. The maximum Gasteiger partial charge on any atom is 0.202 e. The van der Waals surface area contributed by atoms with Crippen LogP contribution in [-0.2, 0) is 11.2 Å². The number of nitrogens with zero attached hydrogens (tertiary/aromatic N) is 2. The average molecular weight is 229 g/mol. The second-order valence-electron chi connectivity index (χ2n) is 4.49. The molecule has 0 aliphatic heterocycles. The van der Waals surface area contributed by atoms with Gasteiger partial charge in [-0.05, 0) is 27.2 Å². The van der Waals surface area contributed by atoms with E-state index < -0.39 is 0 Å². The first-order valence-corrected chi connectivity index (χ1v) is 5.88. The number of hydrogen-bond acceptors (Lipinski definition) is 5. The molecule has 0 aliphatic carbocycles. The van der Waals surface area contributed by atoms with E-state index in [1.165, 1.54) is 11.5 Å². The number of ether oxygens (including phenoxy) is 1. The van der Waals surface area contributed by atoms with Crippen molar-refractivity contribution in [3.8, 4) is 0 Å². The number of aromatic nitrogens is 2. The number of aryl methyl sites for hydroxylation is 1. The molecule has 1 aromatic heterocycles. The van der Waals surface area contributed by atoms with Crippen LogP contribution >= 0.6 is 11.5 Å². The highest BCUT2D eigenvalue weighted by Gasteiger charge is 2.12. The van der Waals surface area contributed by atoms with Crippen molar-refractivity contribution in [1.29, 1.82) is 0 Å². The van der Waals surface area contributed by atoms with Crippen LogP contribution in [0.5, 0.6) is 0 Å².